The highest BCUT2D eigenvalue weighted by Crippen LogP contribution is 2.51. The number of carbonyl (C=O) groups is 1. The Morgan fingerprint density at radius 2 is 2.23 bits per heavy atom. The lowest BCUT2D eigenvalue weighted by molar-refractivity contribution is -0.131. The van der Waals surface area contributed by atoms with Gasteiger partial charge in [0.1, 0.15) is 0 Å². The van der Waals surface area contributed by atoms with Crippen molar-refractivity contribution in [2.24, 2.45) is 5.41 Å². The number of ether oxygens (including phenoxy) is 1. The molecule has 0 atom stereocenters. The summed E-state index contributed by atoms with van der Waals surface area (Å²) in [4.78, 5) is 11.4. The van der Waals surface area contributed by atoms with Gasteiger partial charge < -0.3 is 9.30 Å². The van der Waals surface area contributed by atoms with Crippen molar-refractivity contribution < 1.29 is 9.53 Å². The van der Waals surface area contributed by atoms with Gasteiger partial charge in [0.2, 0.25) is 0 Å². The van der Waals surface area contributed by atoms with Crippen molar-refractivity contribution in [1.82, 2.24) is 4.57 Å². The second-order valence-electron chi connectivity index (χ2n) is 6.06. The molecule has 1 aliphatic carbocycles. The van der Waals surface area contributed by atoms with Crippen LogP contribution in [0.1, 0.15) is 31.9 Å². The molecule has 0 bridgehead atoms. The van der Waals surface area contributed by atoms with Crippen LogP contribution in [0.3, 0.4) is 0 Å². The summed E-state index contributed by atoms with van der Waals surface area (Å²) in [5.74, 6) is 0.291. The van der Waals surface area contributed by atoms with Gasteiger partial charge in [-0.15, -0.1) is 0 Å². The Labute approximate surface area is 137 Å². The summed E-state index contributed by atoms with van der Waals surface area (Å²) in [6.07, 6.45) is 2.73. The van der Waals surface area contributed by atoms with Crippen molar-refractivity contribution in [3.8, 4) is 11.8 Å². The number of halogens is 1. The van der Waals surface area contributed by atoms with E-state index in [0.717, 1.165) is 40.5 Å². The quantitative estimate of drug-likeness (QED) is 0.762. The number of esters is 1. The van der Waals surface area contributed by atoms with Crippen LogP contribution in [0.2, 0.25) is 0 Å². The fraction of sp³-hybridized carbons (Fsp3) is 0.412. The van der Waals surface area contributed by atoms with Crippen LogP contribution in [0.15, 0.2) is 22.7 Å². The van der Waals surface area contributed by atoms with Crippen LogP contribution in [-0.4, -0.2) is 10.5 Å². The van der Waals surface area contributed by atoms with Gasteiger partial charge >= 0.3 is 5.97 Å². The molecule has 0 saturated heterocycles. The Morgan fingerprint density at radius 3 is 2.82 bits per heavy atom. The summed E-state index contributed by atoms with van der Waals surface area (Å²) < 4.78 is 8.55. The third-order valence-electron chi connectivity index (χ3n) is 4.39. The smallest absolute Gasteiger partial charge is 0.308 e. The van der Waals surface area contributed by atoms with Gasteiger partial charge in [0.15, 0.2) is 5.75 Å². The number of carbonyl (C=O) groups excluding carboxylic acids is 1. The lowest BCUT2D eigenvalue weighted by Crippen LogP contribution is -2.12. The van der Waals surface area contributed by atoms with E-state index in [1.807, 2.05) is 25.1 Å². The van der Waals surface area contributed by atoms with Crippen molar-refractivity contribution in [2.75, 3.05) is 0 Å². The Morgan fingerprint density at radius 1 is 1.50 bits per heavy atom. The maximum Gasteiger partial charge on any atom is 0.308 e. The predicted octanol–water partition coefficient (Wildman–Crippen LogP) is 4.33. The normalized spacial score (nSPS) is 15.5. The lowest BCUT2D eigenvalue weighted by Gasteiger charge is -2.15. The molecule has 0 N–H and O–H groups in total. The van der Waals surface area contributed by atoms with E-state index in [4.69, 9.17) is 10.00 Å². The van der Waals surface area contributed by atoms with Gasteiger partial charge in [0.05, 0.1) is 22.7 Å². The Kier molecular flexibility index (Phi) is 3.73. The average molecular weight is 361 g/mol. The second-order valence-corrected chi connectivity index (χ2v) is 6.92. The molecule has 5 heteroatoms. The molecule has 0 spiro atoms. The van der Waals surface area contributed by atoms with Gasteiger partial charge in [-0.25, -0.2) is 0 Å². The fourth-order valence-electron chi connectivity index (χ4n) is 2.99. The largest absolute Gasteiger partial charge is 0.424 e. The van der Waals surface area contributed by atoms with E-state index in [-0.39, 0.29) is 11.4 Å². The molecule has 3 rings (SSSR count). The minimum Gasteiger partial charge on any atom is -0.424 e. The molecule has 0 amide bonds. The second kappa shape index (κ2) is 5.44. The summed E-state index contributed by atoms with van der Waals surface area (Å²) >= 11 is 3.55. The molecule has 1 fully saturated rings. The molecule has 4 nitrogen and oxygen atoms in total. The average Bonchev–Trinajstić information content (AvgIpc) is 3.16. The molecule has 114 valence electrons. The SMILES string of the molecule is CC(=O)Oc1c(C)n(CC2(CC#N)CC2)c2cccc(Br)c12. The first kappa shape index (κ1) is 15.1. The summed E-state index contributed by atoms with van der Waals surface area (Å²) in [5, 5.41) is 9.95. The van der Waals surface area contributed by atoms with Crippen LogP contribution in [-0.2, 0) is 11.3 Å². The highest BCUT2D eigenvalue weighted by atomic mass is 79.9. The minimum atomic E-state index is -0.323. The number of nitrogens with zero attached hydrogens (tertiary/aromatic N) is 2. The van der Waals surface area contributed by atoms with Gasteiger partial charge in [-0.2, -0.15) is 5.26 Å². The number of benzene rings is 1. The first-order valence-electron chi connectivity index (χ1n) is 7.30. The van der Waals surface area contributed by atoms with Gasteiger partial charge in [0, 0.05) is 29.8 Å². The highest BCUT2D eigenvalue weighted by molar-refractivity contribution is 9.10. The van der Waals surface area contributed by atoms with Gasteiger partial charge in [0.25, 0.3) is 0 Å². The Hall–Kier alpha value is -1.80. The van der Waals surface area contributed by atoms with Crippen LogP contribution >= 0.6 is 15.9 Å². The maximum atomic E-state index is 11.4. The number of nitriles is 1. The summed E-state index contributed by atoms with van der Waals surface area (Å²) in [6, 6.07) is 8.25. The zero-order chi connectivity index (χ0) is 15.9. The summed E-state index contributed by atoms with van der Waals surface area (Å²) in [7, 11) is 0. The minimum absolute atomic E-state index is 0.0846. The van der Waals surface area contributed by atoms with Gasteiger partial charge in [-0.3, -0.25) is 4.79 Å². The third kappa shape index (κ3) is 2.52. The van der Waals surface area contributed by atoms with E-state index in [9.17, 15) is 4.79 Å². The number of hydrogen-bond donors (Lipinski definition) is 0. The molecule has 0 radical (unpaired) electrons. The molecule has 0 unspecified atom stereocenters. The molecule has 2 aromatic rings. The van der Waals surface area contributed by atoms with Crippen molar-refractivity contribution >= 4 is 32.8 Å². The Balaban J connectivity index is 2.14. The molecule has 22 heavy (non-hydrogen) atoms. The van der Waals surface area contributed by atoms with E-state index in [1.165, 1.54) is 6.92 Å². The monoisotopic (exact) mass is 360 g/mol. The van der Waals surface area contributed by atoms with E-state index in [2.05, 4.69) is 26.6 Å². The number of hydrogen-bond acceptors (Lipinski definition) is 3. The fourth-order valence-corrected chi connectivity index (χ4v) is 3.53. The van der Waals surface area contributed by atoms with E-state index < -0.39 is 0 Å². The maximum absolute atomic E-state index is 11.4. The highest BCUT2D eigenvalue weighted by Gasteiger charge is 2.43. The molecular formula is C17H17BrN2O2. The van der Waals surface area contributed by atoms with Crippen LogP contribution in [0.25, 0.3) is 10.9 Å². The van der Waals surface area contributed by atoms with Crippen molar-refractivity contribution in [3.63, 3.8) is 0 Å². The first-order chi connectivity index (χ1) is 10.5. The molecule has 0 aliphatic heterocycles. The van der Waals surface area contributed by atoms with Gasteiger partial charge in [-0.1, -0.05) is 6.07 Å². The van der Waals surface area contributed by atoms with Crippen LogP contribution in [0.5, 0.6) is 5.75 Å². The summed E-state index contributed by atoms with van der Waals surface area (Å²) in [5.41, 5.74) is 2.05. The molecule has 1 aromatic heterocycles. The number of rotatable bonds is 4. The van der Waals surface area contributed by atoms with Crippen molar-refractivity contribution in [3.05, 3.63) is 28.4 Å². The van der Waals surface area contributed by atoms with E-state index >= 15 is 0 Å². The lowest BCUT2D eigenvalue weighted by atomic mass is 10.0. The van der Waals surface area contributed by atoms with Crippen LogP contribution < -0.4 is 4.74 Å². The zero-order valence-corrected chi connectivity index (χ0v) is 14.2. The van der Waals surface area contributed by atoms with Crippen molar-refractivity contribution in [2.45, 2.75) is 39.7 Å². The van der Waals surface area contributed by atoms with Crippen LogP contribution in [0, 0.1) is 23.7 Å². The van der Waals surface area contributed by atoms with E-state index in [1.54, 1.807) is 0 Å². The third-order valence-corrected chi connectivity index (χ3v) is 5.05. The van der Waals surface area contributed by atoms with E-state index in [0.29, 0.717) is 12.2 Å². The number of aromatic nitrogens is 1. The van der Waals surface area contributed by atoms with Crippen LogP contribution in [0.4, 0.5) is 0 Å². The number of fused-ring (bicyclic) bond motifs is 1. The molecule has 1 aromatic carbocycles. The molecule has 1 saturated carbocycles. The van der Waals surface area contributed by atoms with Gasteiger partial charge in [-0.05, 0) is 47.8 Å². The predicted molar refractivity (Wildman–Crippen MR) is 87.6 cm³/mol. The Bertz CT molecular complexity index is 797. The summed E-state index contributed by atoms with van der Waals surface area (Å²) in [6.45, 7) is 4.17. The molecule has 1 heterocycles. The topological polar surface area (TPSA) is 55.0 Å². The molecular weight excluding hydrogens is 344 g/mol. The zero-order valence-electron chi connectivity index (χ0n) is 12.6. The standard InChI is InChI=1S/C17H17BrN2O2/c1-11-16(22-12(2)21)15-13(18)4-3-5-14(15)20(11)10-17(6-7-17)8-9-19/h3-5H,6-8,10H2,1-2H3. The van der Waals surface area contributed by atoms with Crippen molar-refractivity contribution in [1.29, 1.82) is 5.26 Å². The first-order valence-corrected chi connectivity index (χ1v) is 8.09. The molecule has 1 aliphatic rings.